The van der Waals surface area contributed by atoms with Crippen LogP contribution in [0.4, 0.5) is 5.69 Å². The number of ether oxygens (including phenoxy) is 1. The second kappa shape index (κ2) is 6.35. The molecule has 3 aromatic carbocycles. The summed E-state index contributed by atoms with van der Waals surface area (Å²) in [4.78, 5) is 0. The lowest BCUT2D eigenvalue weighted by Gasteiger charge is -2.11. The van der Waals surface area contributed by atoms with Gasteiger partial charge in [-0.05, 0) is 30.2 Å². The summed E-state index contributed by atoms with van der Waals surface area (Å²) < 4.78 is 5.81. The molecule has 0 amide bonds. The van der Waals surface area contributed by atoms with E-state index in [4.69, 9.17) is 10.5 Å². The first-order valence-corrected chi connectivity index (χ1v) is 7.36. The maximum Gasteiger partial charge on any atom is 0.121 e. The van der Waals surface area contributed by atoms with Crippen molar-refractivity contribution in [3.05, 3.63) is 83.9 Å². The molecule has 2 heteroatoms. The van der Waals surface area contributed by atoms with Gasteiger partial charge in [0.05, 0.1) is 0 Å². The Morgan fingerprint density at radius 2 is 1.68 bits per heavy atom. The summed E-state index contributed by atoms with van der Waals surface area (Å²) in [5, 5.41) is 0. The van der Waals surface area contributed by atoms with Crippen molar-refractivity contribution in [1.29, 1.82) is 0 Å². The standard InChI is InChI=1S/C20H19NO/c1-15-6-5-9-17(12-15)19-11-10-18(13-20(19)21)22-14-16-7-3-2-4-8-16/h2-13H,14,21H2,1H3. The molecule has 0 spiro atoms. The minimum absolute atomic E-state index is 0.546. The lowest BCUT2D eigenvalue weighted by molar-refractivity contribution is 0.306. The summed E-state index contributed by atoms with van der Waals surface area (Å²) in [6.07, 6.45) is 0. The number of hydrogen-bond acceptors (Lipinski definition) is 2. The lowest BCUT2D eigenvalue weighted by Crippen LogP contribution is -1.97. The molecule has 0 aromatic heterocycles. The molecule has 0 saturated carbocycles. The fraction of sp³-hybridized carbons (Fsp3) is 0.100. The van der Waals surface area contributed by atoms with Gasteiger partial charge in [-0.25, -0.2) is 0 Å². The number of aryl methyl sites for hydroxylation is 1. The van der Waals surface area contributed by atoms with E-state index >= 15 is 0 Å². The third-order valence-electron chi connectivity index (χ3n) is 3.60. The molecule has 3 rings (SSSR count). The number of hydrogen-bond donors (Lipinski definition) is 1. The first-order chi connectivity index (χ1) is 10.7. The summed E-state index contributed by atoms with van der Waals surface area (Å²) in [5.74, 6) is 0.790. The largest absolute Gasteiger partial charge is 0.489 e. The van der Waals surface area contributed by atoms with E-state index < -0.39 is 0 Å². The molecule has 0 atom stereocenters. The van der Waals surface area contributed by atoms with Crippen LogP contribution in [0, 0.1) is 6.92 Å². The summed E-state index contributed by atoms with van der Waals surface area (Å²) in [6, 6.07) is 24.3. The number of benzene rings is 3. The number of anilines is 1. The first-order valence-electron chi connectivity index (χ1n) is 7.36. The van der Waals surface area contributed by atoms with E-state index in [0.29, 0.717) is 6.61 Å². The van der Waals surface area contributed by atoms with Crippen molar-refractivity contribution in [2.75, 3.05) is 5.73 Å². The molecular formula is C20H19NO. The highest BCUT2D eigenvalue weighted by Crippen LogP contribution is 2.30. The fourth-order valence-electron chi connectivity index (χ4n) is 2.45. The molecule has 22 heavy (non-hydrogen) atoms. The van der Waals surface area contributed by atoms with Crippen LogP contribution < -0.4 is 10.5 Å². The van der Waals surface area contributed by atoms with Gasteiger partial charge in [-0.15, -0.1) is 0 Å². The molecule has 110 valence electrons. The Morgan fingerprint density at radius 3 is 2.41 bits per heavy atom. The zero-order valence-electron chi connectivity index (χ0n) is 12.6. The van der Waals surface area contributed by atoms with Crippen LogP contribution in [0.5, 0.6) is 5.75 Å². The molecule has 0 bridgehead atoms. The van der Waals surface area contributed by atoms with Gasteiger partial charge in [0.15, 0.2) is 0 Å². The smallest absolute Gasteiger partial charge is 0.121 e. The Labute approximate surface area is 131 Å². The normalized spacial score (nSPS) is 10.4. The van der Waals surface area contributed by atoms with Crippen LogP contribution in [0.3, 0.4) is 0 Å². The molecular weight excluding hydrogens is 270 g/mol. The van der Waals surface area contributed by atoms with Crippen LogP contribution in [-0.2, 0) is 6.61 Å². The van der Waals surface area contributed by atoms with E-state index in [1.807, 2.05) is 54.6 Å². The summed E-state index contributed by atoms with van der Waals surface area (Å²) >= 11 is 0. The number of nitrogen functional groups attached to an aromatic ring is 1. The molecule has 2 N–H and O–H groups in total. The van der Waals surface area contributed by atoms with Crippen molar-refractivity contribution >= 4 is 5.69 Å². The Bertz CT molecular complexity index is 766. The summed E-state index contributed by atoms with van der Waals surface area (Å²) in [6.45, 7) is 2.63. The minimum Gasteiger partial charge on any atom is -0.489 e. The highest BCUT2D eigenvalue weighted by Gasteiger charge is 2.05. The number of rotatable bonds is 4. The van der Waals surface area contributed by atoms with Gasteiger partial charge >= 0.3 is 0 Å². The highest BCUT2D eigenvalue weighted by molar-refractivity contribution is 5.77. The molecule has 0 heterocycles. The van der Waals surface area contributed by atoms with Crippen molar-refractivity contribution < 1.29 is 4.74 Å². The van der Waals surface area contributed by atoms with Crippen molar-refractivity contribution in [2.24, 2.45) is 0 Å². The van der Waals surface area contributed by atoms with Gasteiger partial charge in [-0.2, -0.15) is 0 Å². The zero-order chi connectivity index (χ0) is 15.4. The van der Waals surface area contributed by atoms with Gasteiger partial charge in [0.25, 0.3) is 0 Å². The van der Waals surface area contributed by atoms with Gasteiger partial charge in [0, 0.05) is 17.3 Å². The molecule has 0 radical (unpaired) electrons. The van der Waals surface area contributed by atoms with Crippen LogP contribution in [0.2, 0.25) is 0 Å². The summed E-state index contributed by atoms with van der Waals surface area (Å²) in [7, 11) is 0. The Morgan fingerprint density at radius 1 is 0.864 bits per heavy atom. The molecule has 0 aliphatic rings. The van der Waals surface area contributed by atoms with Crippen molar-refractivity contribution in [1.82, 2.24) is 0 Å². The van der Waals surface area contributed by atoms with Crippen LogP contribution >= 0.6 is 0 Å². The van der Waals surface area contributed by atoms with Crippen LogP contribution in [-0.4, -0.2) is 0 Å². The van der Waals surface area contributed by atoms with Crippen molar-refractivity contribution in [2.45, 2.75) is 13.5 Å². The predicted molar refractivity (Wildman–Crippen MR) is 91.8 cm³/mol. The van der Waals surface area contributed by atoms with Gasteiger partial charge in [-0.3, -0.25) is 0 Å². The minimum atomic E-state index is 0.546. The first kappa shape index (κ1) is 14.2. The van der Waals surface area contributed by atoms with Crippen molar-refractivity contribution in [3.63, 3.8) is 0 Å². The second-order valence-electron chi connectivity index (χ2n) is 5.39. The van der Waals surface area contributed by atoms with Gasteiger partial charge in [0.2, 0.25) is 0 Å². The van der Waals surface area contributed by atoms with Gasteiger partial charge in [0.1, 0.15) is 12.4 Å². The van der Waals surface area contributed by atoms with Gasteiger partial charge in [-0.1, -0.05) is 60.2 Å². The molecule has 0 fully saturated rings. The van der Waals surface area contributed by atoms with E-state index in [1.165, 1.54) is 5.56 Å². The molecule has 0 aliphatic heterocycles. The third-order valence-corrected chi connectivity index (χ3v) is 3.60. The van der Waals surface area contributed by atoms with Crippen LogP contribution in [0.15, 0.2) is 72.8 Å². The molecule has 2 nitrogen and oxygen atoms in total. The van der Waals surface area contributed by atoms with Crippen molar-refractivity contribution in [3.8, 4) is 16.9 Å². The quantitative estimate of drug-likeness (QED) is 0.699. The molecule has 3 aromatic rings. The highest BCUT2D eigenvalue weighted by atomic mass is 16.5. The van der Waals surface area contributed by atoms with Gasteiger partial charge < -0.3 is 10.5 Å². The molecule has 0 unspecified atom stereocenters. The van der Waals surface area contributed by atoms with Crippen LogP contribution in [0.25, 0.3) is 11.1 Å². The monoisotopic (exact) mass is 289 g/mol. The maximum atomic E-state index is 6.19. The average molecular weight is 289 g/mol. The lowest BCUT2D eigenvalue weighted by atomic mass is 10.0. The second-order valence-corrected chi connectivity index (χ2v) is 5.39. The van der Waals surface area contributed by atoms with E-state index in [1.54, 1.807) is 0 Å². The molecule has 0 aliphatic carbocycles. The maximum absolute atomic E-state index is 6.19. The van der Waals surface area contributed by atoms with E-state index in [-0.39, 0.29) is 0 Å². The SMILES string of the molecule is Cc1cccc(-c2ccc(OCc3ccccc3)cc2N)c1. The topological polar surface area (TPSA) is 35.2 Å². The van der Waals surface area contributed by atoms with E-state index in [0.717, 1.165) is 28.1 Å². The third kappa shape index (κ3) is 3.29. The Kier molecular flexibility index (Phi) is 4.10. The Hall–Kier alpha value is -2.74. The average Bonchev–Trinajstić information content (AvgIpc) is 2.54. The molecule has 0 saturated heterocycles. The fourth-order valence-corrected chi connectivity index (χ4v) is 2.45. The predicted octanol–water partition coefficient (Wildman–Crippen LogP) is 4.82. The zero-order valence-corrected chi connectivity index (χ0v) is 12.6. The Balaban J connectivity index is 1.77. The van der Waals surface area contributed by atoms with Crippen LogP contribution in [0.1, 0.15) is 11.1 Å². The van der Waals surface area contributed by atoms with E-state index in [9.17, 15) is 0 Å². The summed E-state index contributed by atoms with van der Waals surface area (Å²) in [5.41, 5.74) is 11.5. The van der Waals surface area contributed by atoms with E-state index in [2.05, 4.69) is 25.1 Å². The number of nitrogens with two attached hydrogens (primary N) is 1.